The van der Waals surface area contributed by atoms with Crippen molar-refractivity contribution in [2.45, 2.75) is 13.3 Å². The highest BCUT2D eigenvalue weighted by atomic mass is 35.5. The Hall–Kier alpha value is -2.51. The van der Waals surface area contributed by atoms with Gasteiger partial charge in [0.25, 0.3) is 0 Å². The summed E-state index contributed by atoms with van der Waals surface area (Å²) in [5, 5.41) is 6.41. The lowest BCUT2D eigenvalue weighted by atomic mass is 10.2. The molecule has 2 heterocycles. The van der Waals surface area contributed by atoms with E-state index in [2.05, 4.69) is 27.2 Å². The molecule has 0 aliphatic heterocycles. The zero-order valence-corrected chi connectivity index (χ0v) is 14.8. The van der Waals surface area contributed by atoms with E-state index in [4.69, 9.17) is 11.6 Å². The molecule has 0 unspecified atom stereocenters. The third kappa shape index (κ3) is 4.32. The lowest BCUT2D eigenvalue weighted by Gasteiger charge is -2.06. The summed E-state index contributed by atoms with van der Waals surface area (Å²) >= 11 is 6.99. The molecule has 8 heteroatoms. The van der Waals surface area contributed by atoms with Crippen molar-refractivity contribution in [2.24, 2.45) is 0 Å². The van der Waals surface area contributed by atoms with E-state index in [1.165, 1.54) is 17.4 Å². The van der Waals surface area contributed by atoms with E-state index in [0.29, 0.717) is 26.3 Å². The molecule has 0 bridgehead atoms. The molecule has 0 aliphatic carbocycles. The minimum atomic E-state index is -0.466. The maximum atomic E-state index is 13.9. The van der Waals surface area contributed by atoms with E-state index in [-0.39, 0.29) is 18.0 Å². The summed E-state index contributed by atoms with van der Waals surface area (Å²) in [5.41, 5.74) is 1.70. The van der Waals surface area contributed by atoms with E-state index in [1.54, 1.807) is 31.2 Å². The van der Waals surface area contributed by atoms with Crippen LogP contribution in [0.4, 0.5) is 21.0 Å². The second-order valence-corrected chi connectivity index (χ2v) is 6.88. The van der Waals surface area contributed by atoms with E-state index < -0.39 is 5.82 Å². The summed E-state index contributed by atoms with van der Waals surface area (Å²) in [6.07, 6.45) is 0.242. The third-order valence-corrected chi connectivity index (χ3v) is 4.27. The van der Waals surface area contributed by atoms with Crippen molar-refractivity contribution >= 4 is 55.8 Å². The zero-order chi connectivity index (χ0) is 18.0. The van der Waals surface area contributed by atoms with E-state index >= 15 is 0 Å². The van der Waals surface area contributed by atoms with Crippen molar-refractivity contribution in [2.75, 3.05) is 10.6 Å². The van der Waals surface area contributed by atoms with Crippen molar-refractivity contribution in [3.63, 3.8) is 0 Å². The molecule has 0 fully saturated rings. The summed E-state index contributed by atoms with van der Waals surface area (Å²) in [7, 11) is 0. The molecule has 1 amide bonds. The molecule has 0 aliphatic rings. The van der Waals surface area contributed by atoms with Crippen molar-refractivity contribution in [3.8, 4) is 0 Å². The Morgan fingerprint density at radius 2 is 2.12 bits per heavy atom. The Kier molecular flexibility index (Phi) is 4.96. The van der Waals surface area contributed by atoms with Crippen LogP contribution in [0, 0.1) is 5.82 Å². The Balaban J connectivity index is 1.80. The lowest BCUT2D eigenvalue weighted by Crippen LogP contribution is -2.10. The first-order chi connectivity index (χ1) is 11.9. The minimum Gasteiger partial charge on any atom is -0.338 e. The number of benzene rings is 1. The average molecular weight is 377 g/mol. The third-order valence-electron chi connectivity index (χ3n) is 3.16. The van der Waals surface area contributed by atoms with Crippen LogP contribution in [0.3, 0.4) is 0 Å². The number of rotatable bonds is 5. The van der Waals surface area contributed by atoms with Gasteiger partial charge in [-0.05, 0) is 37.3 Å². The number of hydrogen-bond donors (Lipinski definition) is 2. The molecule has 2 N–H and O–H groups in total. The quantitative estimate of drug-likeness (QED) is 0.605. The standard InChI is InChI=1S/C17H14ClFN4OS/c1-9(2)7-15(24)23-17-21-13-5-6-14(22-16(13)25-17)20-12-4-3-10(18)8-11(12)19/h3-6,8H,1,7H2,2H3,(H,20,22)(H,21,23,24). The molecule has 0 saturated heterocycles. The normalized spacial score (nSPS) is 10.7. The minimum absolute atomic E-state index is 0.173. The fraction of sp³-hybridized carbons (Fsp3) is 0.118. The van der Waals surface area contributed by atoms with Gasteiger partial charge in [-0.2, -0.15) is 0 Å². The summed E-state index contributed by atoms with van der Waals surface area (Å²) in [5.74, 6) is -0.170. The van der Waals surface area contributed by atoms with Crippen molar-refractivity contribution < 1.29 is 9.18 Å². The molecule has 3 rings (SSSR count). The van der Waals surface area contributed by atoms with E-state index in [1.807, 2.05) is 0 Å². The smallest absolute Gasteiger partial charge is 0.230 e. The summed E-state index contributed by atoms with van der Waals surface area (Å²) in [6, 6.07) is 7.80. The average Bonchev–Trinajstić information content (AvgIpc) is 2.90. The largest absolute Gasteiger partial charge is 0.338 e. The highest BCUT2D eigenvalue weighted by molar-refractivity contribution is 7.22. The van der Waals surface area contributed by atoms with Gasteiger partial charge in [0.1, 0.15) is 22.0 Å². The van der Waals surface area contributed by atoms with Gasteiger partial charge in [0.05, 0.1) is 5.69 Å². The Labute approximate surface area is 152 Å². The molecule has 0 spiro atoms. The SMILES string of the molecule is C=C(C)CC(=O)Nc1nc2ccc(Nc3ccc(Cl)cc3F)nc2s1. The summed E-state index contributed by atoms with van der Waals surface area (Å²) in [6.45, 7) is 5.49. The maximum absolute atomic E-state index is 13.9. The molecule has 25 heavy (non-hydrogen) atoms. The Morgan fingerprint density at radius 3 is 2.84 bits per heavy atom. The van der Waals surface area contributed by atoms with Crippen LogP contribution < -0.4 is 10.6 Å². The van der Waals surface area contributed by atoms with Crippen molar-refractivity contribution in [3.05, 3.63) is 53.3 Å². The summed E-state index contributed by atoms with van der Waals surface area (Å²) in [4.78, 5) is 21.1. The number of thiazole rings is 1. The number of nitrogens with one attached hydrogen (secondary N) is 2. The van der Waals surface area contributed by atoms with Crippen LogP contribution in [-0.2, 0) is 4.79 Å². The fourth-order valence-electron chi connectivity index (χ4n) is 2.11. The first kappa shape index (κ1) is 17.3. The molecular formula is C17H14ClFN4OS. The first-order valence-corrected chi connectivity index (χ1v) is 8.54. The predicted molar refractivity (Wildman–Crippen MR) is 100 cm³/mol. The number of carbonyl (C=O) groups is 1. The molecule has 0 radical (unpaired) electrons. The molecule has 0 saturated carbocycles. The van der Waals surface area contributed by atoms with Gasteiger partial charge in [-0.25, -0.2) is 14.4 Å². The second kappa shape index (κ2) is 7.16. The predicted octanol–water partition coefficient (Wildman–Crippen LogP) is 5.13. The van der Waals surface area contributed by atoms with Gasteiger partial charge in [-0.3, -0.25) is 4.79 Å². The molecular weight excluding hydrogens is 363 g/mol. The number of nitrogens with zero attached hydrogens (tertiary/aromatic N) is 2. The van der Waals surface area contributed by atoms with Gasteiger partial charge in [0.2, 0.25) is 5.91 Å². The van der Waals surface area contributed by atoms with Crippen LogP contribution in [0.25, 0.3) is 10.3 Å². The van der Waals surface area contributed by atoms with E-state index in [9.17, 15) is 9.18 Å². The van der Waals surface area contributed by atoms with Crippen LogP contribution in [0.2, 0.25) is 5.02 Å². The van der Waals surface area contributed by atoms with Gasteiger partial charge < -0.3 is 10.6 Å². The first-order valence-electron chi connectivity index (χ1n) is 7.34. The van der Waals surface area contributed by atoms with Crippen LogP contribution in [0.1, 0.15) is 13.3 Å². The number of pyridine rings is 1. The van der Waals surface area contributed by atoms with Crippen LogP contribution >= 0.6 is 22.9 Å². The van der Waals surface area contributed by atoms with Crippen molar-refractivity contribution in [1.82, 2.24) is 9.97 Å². The summed E-state index contributed by atoms with van der Waals surface area (Å²) < 4.78 is 13.9. The number of halogens is 2. The number of carbonyl (C=O) groups excluding carboxylic acids is 1. The molecule has 2 aromatic heterocycles. The number of aromatic nitrogens is 2. The van der Waals surface area contributed by atoms with Gasteiger partial charge >= 0.3 is 0 Å². The van der Waals surface area contributed by atoms with E-state index in [0.717, 1.165) is 5.57 Å². The Morgan fingerprint density at radius 1 is 1.32 bits per heavy atom. The van der Waals surface area contributed by atoms with Crippen LogP contribution in [0.5, 0.6) is 0 Å². The van der Waals surface area contributed by atoms with Gasteiger partial charge in [0.15, 0.2) is 5.13 Å². The van der Waals surface area contributed by atoms with Gasteiger partial charge in [-0.1, -0.05) is 35.1 Å². The number of amides is 1. The monoisotopic (exact) mass is 376 g/mol. The number of anilines is 3. The van der Waals surface area contributed by atoms with Gasteiger partial charge in [0, 0.05) is 11.4 Å². The highest BCUT2D eigenvalue weighted by Gasteiger charge is 2.10. The number of fused-ring (bicyclic) bond motifs is 1. The highest BCUT2D eigenvalue weighted by Crippen LogP contribution is 2.28. The molecule has 5 nitrogen and oxygen atoms in total. The molecule has 1 aromatic carbocycles. The zero-order valence-electron chi connectivity index (χ0n) is 13.3. The lowest BCUT2D eigenvalue weighted by molar-refractivity contribution is -0.115. The van der Waals surface area contributed by atoms with Crippen LogP contribution in [-0.4, -0.2) is 15.9 Å². The fourth-order valence-corrected chi connectivity index (χ4v) is 3.12. The van der Waals surface area contributed by atoms with Crippen molar-refractivity contribution in [1.29, 1.82) is 0 Å². The molecule has 128 valence electrons. The second-order valence-electron chi connectivity index (χ2n) is 5.47. The van der Waals surface area contributed by atoms with Crippen LogP contribution in [0.15, 0.2) is 42.5 Å². The molecule has 3 aromatic rings. The number of hydrogen-bond acceptors (Lipinski definition) is 5. The molecule has 0 atom stereocenters. The van der Waals surface area contributed by atoms with Gasteiger partial charge in [-0.15, -0.1) is 0 Å². The Bertz CT molecular complexity index is 972. The topological polar surface area (TPSA) is 66.9 Å². The maximum Gasteiger partial charge on any atom is 0.230 e.